The first-order valence-electron chi connectivity index (χ1n) is 8.32. The highest BCUT2D eigenvalue weighted by atomic mass is 127. The Morgan fingerprint density at radius 1 is 1.25 bits per heavy atom. The van der Waals surface area contributed by atoms with E-state index in [1.54, 1.807) is 24.3 Å². The quantitative estimate of drug-likeness (QED) is 0.314. The van der Waals surface area contributed by atoms with E-state index in [1.807, 2.05) is 65.1 Å². The van der Waals surface area contributed by atoms with Gasteiger partial charge in [-0.25, -0.2) is 4.79 Å². The molecule has 3 N–H and O–H groups in total. The molecule has 28 heavy (non-hydrogen) atoms. The second-order valence-electron chi connectivity index (χ2n) is 5.89. The molecule has 0 aliphatic rings. The van der Waals surface area contributed by atoms with Crippen molar-refractivity contribution in [2.24, 2.45) is 0 Å². The molecule has 1 unspecified atom stereocenters. The van der Waals surface area contributed by atoms with Crippen LogP contribution in [0.5, 0.6) is 5.75 Å². The number of benzene rings is 2. The summed E-state index contributed by atoms with van der Waals surface area (Å²) in [6.45, 7) is 3.97. The van der Waals surface area contributed by atoms with E-state index in [4.69, 9.17) is 17.0 Å². The van der Waals surface area contributed by atoms with E-state index in [2.05, 4.69) is 10.6 Å². The Labute approximate surface area is 195 Å². The summed E-state index contributed by atoms with van der Waals surface area (Å²) in [6.07, 6.45) is 0.892. The van der Waals surface area contributed by atoms with Crippen LogP contribution in [0.1, 0.15) is 41.0 Å². The Morgan fingerprint density at radius 2 is 1.96 bits per heavy atom. The minimum atomic E-state index is -1.08. The second kappa shape index (κ2) is 10.3. The molecule has 0 spiro atoms. The number of anilines is 1. The van der Waals surface area contributed by atoms with Crippen molar-refractivity contribution >= 4 is 80.1 Å². The predicted octanol–water partition coefficient (Wildman–Crippen LogP) is 4.90. The minimum absolute atomic E-state index is 0.0138. The number of rotatable bonds is 6. The van der Waals surface area contributed by atoms with Gasteiger partial charge in [-0.3, -0.25) is 10.1 Å². The normalized spacial score (nSPS) is 11.4. The van der Waals surface area contributed by atoms with Crippen LogP contribution >= 0.6 is 57.4 Å². The van der Waals surface area contributed by atoms with Gasteiger partial charge in [0.15, 0.2) is 5.11 Å². The zero-order valence-corrected chi connectivity index (χ0v) is 20.2. The lowest BCUT2D eigenvalue weighted by molar-refractivity contribution is 0.0697. The monoisotopic (exact) mass is 624 g/mol. The maximum absolute atomic E-state index is 12.5. The third-order valence-electron chi connectivity index (χ3n) is 3.76. The molecule has 0 radical (unpaired) electrons. The molecule has 2 rings (SSSR count). The van der Waals surface area contributed by atoms with Crippen LogP contribution in [0.15, 0.2) is 36.4 Å². The first kappa shape index (κ1) is 22.8. The molecule has 0 saturated carbocycles. The molecular weight excluding hydrogens is 606 g/mol. The fraction of sp³-hybridized carbons (Fsp3) is 0.211. The number of carbonyl (C=O) groups excluding carboxylic acids is 1. The van der Waals surface area contributed by atoms with Crippen LogP contribution in [0, 0.1) is 7.14 Å². The van der Waals surface area contributed by atoms with E-state index in [-0.39, 0.29) is 16.8 Å². The van der Waals surface area contributed by atoms with Crippen LogP contribution in [0.25, 0.3) is 0 Å². The van der Waals surface area contributed by atoms with Crippen molar-refractivity contribution in [3.63, 3.8) is 0 Å². The molecule has 1 amide bonds. The zero-order chi connectivity index (χ0) is 20.8. The Hall–Kier alpha value is -1.47. The molecule has 0 saturated heterocycles. The maximum atomic E-state index is 12.5. The standard InChI is InChI=1S/C19H18I2N2O4S/c1-3-10(2)27-13-6-4-5-11(7-13)17(24)23-19(28)22-16-14(18(25)26)8-12(20)9-15(16)21/h4-10H,3H2,1-2H3,(H,25,26)(H2,22,23,24,28). The molecule has 148 valence electrons. The smallest absolute Gasteiger partial charge is 0.337 e. The molecule has 0 aliphatic carbocycles. The maximum Gasteiger partial charge on any atom is 0.337 e. The summed E-state index contributed by atoms with van der Waals surface area (Å²) in [5.74, 6) is -0.895. The van der Waals surface area contributed by atoms with E-state index < -0.39 is 11.9 Å². The molecule has 0 aromatic heterocycles. The van der Waals surface area contributed by atoms with Crippen LogP contribution in [0.4, 0.5) is 5.69 Å². The van der Waals surface area contributed by atoms with E-state index in [9.17, 15) is 14.7 Å². The fourth-order valence-electron chi connectivity index (χ4n) is 2.22. The topological polar surface area (TPSA) is 87.7 Å². The largest absolute Gasteiger partial charge is 0.491 e. The number of halogens is 2. The van der Waals surface area contributed by atoms with Crippen LogP contribution in [-0.2, 0) is 0 Å². The van der Waals surface area contributed by atoms with Crippen molar-refractivity contribution in [3.05, 3.63) is 54.7 Å². The van der Waals surface area contributed by atoms with Crippen molar-refractivity contribution in [1.82, 2.24) is 5.32 Å². The Balaban J connectivity index is 2.13. The number of hydrogen-bond donors (Lipinski definition) is 3. The number of ether oxygens (including phenoxy) is 1. The average Bonchev–Trinajstić information content (AvgIpc) is 2.63. The highest BCUT2D eigenvalue weighted by Gasteiger charge is 2.17. The van der Waals surface area contributed by atoms with E-state index in [0.717, 1.165) is 9.99 Å². The highest BCUT2D eigenvalue weighted by molar-refractivity contribution is 14.1. The third-order valence-corrected chi connectivity index (χ3v) is 5.44. The number of carbonyl (C=O) groups is 2. The number of carboxylic acid groups (broad SMARTS) is 1. The van der Waals surface area contributed by atoms with E-state index >= 15 is 0 Å². The summed E-state index contributed by atoms with van der Waals surface area (Å²) in [5.41, 5.74) is 0.810. The molecular formula is C19H18I2N2O4S. The number of thiocarbonyl (C=S) groups is 1. The van der Waals surface area contributed by atoms with Gasteiger partial charge in [-0.15, -0.1) is 0 Å². The average molecular weight is 624 g/mol. The van der Waals surface area contributed by atoms with Crippen molar-refractivity contribution in [2.45, 2.75) is 26.4 Å². The van der Waals surface area contributed by atoms with Gasteiger partial charge in [-0.2, -0.15) is 0 Å². The highest BCUT2D eigenvalue weighted by Crippen LogP contribution is 2.26. The lowest BCUT2D eigenvalue weighted by atomic mass is 10.2. The Bertz CT molecular complexity index is 921. The molecule has 2 aromatic rings. The van der Waals surface area contributed by atoms with E-state index in [0.29, 0.717) is 20.6 Å². The molecule has 1 atom stereocenters. The number of hydrogen-bond acceptors (Lipinski definition) is 4. The molecule has 2 aromatic carbocycles. The summed E-state index contributed by atoms with van der Waals surface area (Å²) >= 11 is 9.27. The van der Waals surface area contributed by atoms with Crippen LogP contribution in [-0.4, -0.2) is 28.2 Å². The van der Waals surface area contributed by atoms with Crippen molar-refractivity contribution in [1.29, 1.82) is 0 Å². The van der Waals surface area contributed by atoms with Gasteiger partial charge in [0.05, 0.1) is 17.4 Å². The first-order valence-corrected chi connectivity index (χ1v) is 10.9. The Morgan fingerprint density at radius 3 is 2.61 bits per heavy atom. The molecule has 0 bridgehead atoms. The summed E-state index contributed by atoms with van der Waals surface area (Å²) < 4.78 is 7.20. The van der Waals surface area contributed by atoms with Crippen molar-refractivity contribution < 1.29 is 19.4 Å². The van der Waals surface area contributed by atoms with Gasteiger partial charge in [0, 0.05) is 12.7 Å². The van der Waals surface area contributed by atoms with Crippen molar-refractivity contribution in [2.75, 3.05) is 5.32 Å². The summed E-state index contributed by atoms with van der Waals surface area (Å²) in [6, 6.07) is 10.2. The molecule has 0 aliphatic heterocycles. The van der Waals surface area contributed by atoms with Crippen LogP contribution in [0.2, 0.25) is 0 Å². The number of aromatic carboxylic acids is 1. The summed E-state index contributed by atoms with van der Waals surface area (Å²) in [4.78, 5) is 24.0. The van der Waals surface area contributed by atoms with Crippen LogP contribution in [0.3, 0.4) is 0 Å². The van der Waals surface area contributed by atoms with E-state index in [1.165, 1.54) is 6.07 Å². The third kappa shape index (κ3) is 6.27. The lowest BCUT2D eigenvalue weighted by Crippen LogP contribution is -2.34. The Kier molecular flexibility index (Phi) is 8.43. The number of amides is 1. The van der Waals surface area contributed by atoms with Gasteiger partial charge < -0.3 is 15.2 Å². The molecule has 9 heteroatoms. The molecule has 0 fully saturated rings. The van der Waals surface area contributed by atoms with Gasteiger partial charge in [0.25, 0.3) is 5.91 Å². The fourth-order valence-corrected chi connectivity index (χ4v) is 4.39. The van der Waals surface area contributed by atoms with Crippen molar-refractivity contribution in [3.8, 4) is 5.75 Å². The number of nitrogens with one attached hydrogen (secondary N) is 2. The van der Waals surface area contributed by atoms with Gasteiger partial charge in [0.1, 0.15) is 5.75 Å². The SMILES string of the molecule is CCC(C)Oc1cccc(C(=O)NC(=S)Nc2c(I)cc(I)cc2C(=O)O)c1. The number of carboxylic acids is 1. The first-order chi connectivity index (χ1) is 13.2. The van der Waals surface area contributed by atoms with Crippen LogP contribution < -0.4 is 15.4 Å². The summed E-state index contributed by atoms with van der Waals surface area (Å²) in [7, 11) is 0. The van der Waals surface area contributed by atoms with Gasteiger partial charge in [0.2, 0.25) is 0 Å². The molecule has 6 nitrogen and oxygen atoms in total. The zero-order valence-electron chi connectivity index (χ0n) is 15.1. The molecule has 0 heterocycles. The second-order valence-corrected chi connectivity index (χ2v) is 8.70. The van der Waals surface area contributed by atoms with Gasteiger partial charge >= 0.3 is 5.97 Å². The predicted molar refractivity (Wildman–Crippen MR) is 129 cm³/mol. The van der Waals surface area contributed by atoms with Gasteiger partial charge in [-0.1, -0.05) is 13.0 Å². The lowest BCUT2D eigenvalue weighted by Gasteiger charge is -2.15. The van der Waals surface area contributed by atoms with Gasteiger partial charge in [-0.05, 0) is 101 Å². The summed E-state index contributed by atoms with van der Waals surface area (Å²) in [5, 5.41) is 14.8. The minimum Gasteiger partial charge on any atom is -0.491 e.